The summed E-state index contributed by atoms with van der Waals surface area (Å²) in [6.07, 6.45) is 0. The first-order chi connectivity index (χ1) is 7.50. The molecule has 0 aromatic heterocycles. The Bertz CT molecular complexity index is 77.8. The van der Waals surface area contributed by atoms with Gasteiger partial charge in [0.15, 0.2) is 0 Å². The third-order valence-corrected chi connectivity index (χ3v) is 2.08. The monoisotopic (exact) mass is 248 g/mol. The summed E-state index contributed by atoms with van der Waals surface area (Å²) in [7, 11) is 0. The fraction of sp³-hybridized carbons (Fsp3) is 1.00. The van der Waals surface area contributed by atoms with Gasteiger partial charge in [0.25, 0.3) is 0 Å². The Morgan fingerprint density at radius 1 is 0.312 bits per heavy atom. The van der Waals surface area contributed by atoms with Crippen molar-refractivity contribution in [1.29, 1.82) is 0 Å². The largest absolute Gasteiger partial charge is 1.00 e. The van der Waals surface area contributed by atoms with E-state index >= 15 is 0 Å². The summed E-state index contributed by atoms with van der Waals surface area (Å²) in [6, 6.07) is 0. The van der Waals surface area contributed by atoms with Gasteiger partial charge in [0.05, 0.1) is 0 Å². The molecule has 0 atom stereocenters. The second-order valence-corrected chi connectivity index (χ2v) is 3.35. The summed E-state index contributed by atoms with van der Waals surface area (Å²) in [5.74, 6) is 0. The van der Waals surface area contributed by atoms with Gasteiger partial charge in [-0.05, 0) is 0 Å². The second-order valence-electron chi connectivity index (χ2n) is 3.35. The van der Waals surface area contributed by atoms with Gasteiger partial charge in [0.2, 0.25) is 66.1 Å². The Morgan fingerprint density at radius 2 is 0.438 bits per heavy atom. The van der Waals surface area contributed by atoms with Crippen LogP contribution in [0.25, 0.3) is 0 Å². The molecule has 6 heteroatoms. The molecule has 90 valence electrons. The molecule has 0 unspecified atom stereocenters. The number of hydrogen-bond acceptors (Lipinski definition) is 0. The normalized spacial score (nSPS) is 22.5. The molecule has 0 radical (unpaired) electrons. The van der Waals surface area contributed by atoms with E-state index in [9.17, 15) is 0 Å². The van der Waals surface area contributed by atoms with Crippen molar-refractivity contribution in [3.63, 3.8) is 0 Å². The van der Waals surface area contributed by atoms with Crippen LogP contribution in [-0.2, 0) is 0 Å². The summed E-state index contributed by atoms with van der Waals surface area (Å²) < 4.78 is 21.7. The topological polar surface area (TPSA) is 64.0 Å². The summed E-state index contributed by atoms with van der Waals surface area (Å²) in [4.78, 5) is 0. The quantitative estimate of drug-likeness (QED) is 0.303. The minimum atomic E-state index is 0. The number of hydrogen-bond donors (Lipinski definition) is 0. The van der Waals surface area contributed by atoms with E-state index in [1.54, 1.807) is 0 Å². The minimum absolute atomic E-state index is 0. The molecule has 1 saturated heterocycles. The molecule has 1 heterocycles. The number of rotatable bonds is 0. The third-order valence-electron chi connectivity index (χ3n) is 2.08. The Hall–Kier alpha value is 0.800. The van der Waals surface area contributed by atoms with Crippen LogP contribution in [-0.4, -0.2) is 89.8 Å². The molecule has 0 aromatic carbocycles. The first-order valence-corrected chi connectivity index (χ1v) is 5.66. The van der Waals surface area contributed by atoms with Crippen LogP contribution in [0.4, 0.5) is 0 Å². The van der Waals surface area contributed by atoms with Gasteiger partial charge in [-0.3, -0.25) is 0 Å². The molecule has 1 aliphatic heterocycles. The zero-order chi connectivity index (χ0) is 10.6. The number of aliphatic hydroxyl groups is 10. The van der Waals surface area contributed by atoms with Gasteiger partial charge in [-0.15, -0.1) is 0 Å². The van der Waals surface area contributed by atoms with Crippen LogP contribution in [0.3, 0.4) is 0 Å². The fourth-order valence-corrected chi connectivity index (χ4v) is 1.27. The van der Waals surface area contributed by atoms with Gasteiger partial charge in [0.1, 0.15) is 0 Å². The van der Waals surface area contributed by atoms with Crippen molar-refractivity contribution in [3.05, 3.63) is 0 Å². The van der Waals surface area contributed by atoms with Crippen LogP contribution < -0.4 is 29.6 Å². The van der Waals surface area contributed by atoms with E-state index in [1.165, 1.54) is 0 Å². The van der Waals surface area contributed by atoms with E-state index in [0.29, 0.717) is 0 Å². The van der Waals surface area contributed by atoms with E-state index < -0.39 is 0 Å². The first-order valence-electron chi connectivity index (χ1n) is 5.66. The predicted molar refractivity (Wildman–Crippen MR) is 59.8 cm³/mol. The van der Waals surface area contributed by atoms with E-state index in [1.807, 2.05) is 0 Å². The van der Waals surface area contributed by atoms with Crippen molar-refractivity contribution >= 4 is 0 Å². The standard InChI is InChI=1S/C10H20O5.Na/c1-2-12-5-6-14-9-10-15-8-7-13-4-3-11-1;/h1-10H2;/q;+1/p+5. The van der Waals surface area contributed by atoms with Gasteiger partial charge in [-0.1, -0.05) is 0 Å². The Balaban J connectivity index is 0.00000225. The first kappa shape index (κ1) is 16.8. The van der Waals surface area contributed by atoms with Crippen molar-refractivity contribution in [3.8, 4) is 0 Å². The van der Waals surface area contributed by atoms with Crippen molar-refractivity contribution < 1.29 is 53.2 Å². The molecule has 16 heavy (non-hydrogen) atoms. The zero-order valence-corrected chi connectivity index (χ0v) is 12.3. The predicted octanol–water partition coefficient (Wildman–Crippen LogP) is -5.36. The molecule has 5 N–H and O–H groups in total. The van der Waals surface area contributed by atoms with Crippen LogP contribution in [0.1, 0.15) is 0 Å². The molecule has 0 spiro atoms. The maximum atomic E-state index is 4.33. The molecule has 0 aromatic rings. The van der Waals surface area contributed by atoms with Gasteiger partial charge in [-0.2, -0.15) is 0 Å². The van der Waals surface area contributed by atoms with Crippen LogP contribution in [0.5, 0.6) is 0 Å². The van der Waals surface area contributed by atoms with Crippen molar-refractivity contribution in [2.75, 3.05) is 66.1 Å². The molecule has 0 bridgehead atoms. The molecule has 0 aliphatic carbocycles. The summed E-state index contributed by atoms with van der Waals surface area (Å²) in [5, 5.41) is 0. The average molecular weight is 248 g/mol. The molecule has 5 nitrogen and oxygen atoms in total. The molecular formula is C10H25NaO5+6. The number of ether oxygens (including phenoxy) is 5. The molecule has 1 rings (SSSR count). The smallest absolute Gasteiger partial charge is 0.422 e. The van der Waals surface area contributed by atoms with E-state index in [4.69, 9.17) is 0 Å². The van der Waals surface area contributed by atoms with Gasteiger partial charge < -0.3 is 23.7 Å². The Labute approximate surface area is 119 Å². The Kier molecular flexibility index (Phi) is 14.6. The van der Waals surface area contributed by atoms with Gasteiger partial charge in [0, 0.05) is 0 Å². The van der Waals surface area contributed by atoms with E-state index in [-0.39, 0.29) is 29.6 Å². The summed E-state index contributed by atoms with van der Waals surface area (Å²) >= 11 is 0. The fourth-order valence-electron chi connectivity index (χ4n) is 1.27. The Morgan fingerprint density at radius 3 is 0.562 bits per heavy atom. The van der Waals surface area contributed by atoms with Gasteiger partial charge >= 0.3 is 29.6 Å². The molecule has 1 aliphatic rings. The molecule has 0 amide bonds. The maximum absolute atomic E-state index is 4.33. The van der Waals surface area contributed by atoms with Crippen molar-refractivity contribution in [1.82, 2.24) is 0 Å². The van der Waals surface area contributed by atoms with Gasteiger partial charge in [-0.25, -0.2) is 0 Å². The van der Waals surface area contributed by atoms with Crippen LogP contribution in [0, 0.1) is 0 Å². The third kappa shape index (κ3) is 11.3. The second kappa shape index (κ2) is 13.9. The van der Waals surface area contributed by atoms with Crippen LogP contribution in [0.2, 0.25) is 0 Å². The average Bonchev–Trinajstić information content (AvgIpc) is 2.27. The maximum Gasteiger partial charge on any atom is 1.00 e. The van der Waals surface area contributed by atoms with Crippen molar-refractivity contribution in [2.45, 2.75) is 0 Å². The minimum Gasteiger partial charge on any atom is -0.422 e. The zero-order valence-electron chi connectivity index (χ0n) is 10.3. The van der Waals surface area contributed by atoms with Crippen LogP contribution in [0.15, 0.2) is 0 Å². The molecular weight excluding hydrogens is 223 g/mol. The summed E-state index contributed by atoms with van der Waals surface area (Å²) in [6.45, 7) is 8.33. The van der Waals surface area contributed by atoms with Crippen molar-refractivity contribution in [2.24, 2.45) is 0 Å². The molecule has 1 fully saturated rings. The van der Waals surface area contributed by atoms with Crippen LogP contribution >= 0.6 is 0 Å². The van der Waals surface area contributed by atoms with E-state index in [2.05, 4.69) is 23.7 Å². The molecule has 0 saturated carbocycles. The summed E-state index contributed by atoms with van der Waals surface area (Å²) in [5.41, 5.74) is 0. The SMILES string of the molecule is C1C[OH+]CC[OH+]CC[OH+]CC[OH+]CC[OH+]1.[Na+]. The van der Waals surface area contributed by atoms with E-state index in [0.717, 1.165) is 66.1 Å².